The van der Waals surface area contributed by atoms with E-state index in [4.69, 9.17) is 4.74 Å². The first-order valence-corrected chi connectivity index (χ1v) is 6.82. The van der Waals surface area contributed by atoms with Crippen LogP contribution in [-0.4, -0.2) is 38.6 Å². The Morgan fingerprint density at radius 1 is 1.30 bits per heavy atom. The van der Waals surface area contributed by atoms with Crippen LogP contribution in [0.1, 0.15) is 16.8 Å². The first kappa shape index (κ1) is 16.6. The molecule has 2 amide bonds. The Balaban J connectivity index is 2.36. The third-order valence-corrected chi connectivity index (χ3v) is 3.13. The minimum Gasteiger partial charge on any atom is -0.383 e. The van der Waals surface area contributed by atoms with Crippen molar-refractivity contribution in [1.82, 2.24) is 10.6 Å². The number of carbonyl (C=O) groups is 2. The number of benzene rings is 1. The highest BCUT2D eigenvalue weighted by Crippen LogP contribution is 2.17. The van der Waals surface area contributed by atoms with Crippen molar-refractivity contribution in [3.63, 3.8) is 0 Å². The topological polar surface area (TPSA) is 67.4 Å². The van der Waals surface area contributed by atoms with Crippen molar-refractivity contribution < 1.29 is 18.7 Å². The van der Waals surface area contributed by atoms with Crippen LogP contribution in [0.2, 0.25) is 0 Å². The van der Waals surface area contributed by atoms with E-state index in [1.54, 1.807) is 7.11 Å². The fourth-order valence-electron chi connectivity index (χ4n) is 1.44. The Kier molecular flexibility index (Phi) is 7.17. The number of rotatable bonds is 7. The molecule has 0 aliphatic heterocycles. The fourth-order valence-corrected chi connectivity index (χ4v) is 1.86. The number of hydrogen-bond donors (Lipinski definition) is 2. The summed E-state index contributed by atoms with van der Waals surface area (Å²) in [6, 6.07) is 3.85. The van der Waals surface area contributed by atoms with Crippen molar-refractivity contribution in [2.75, 3.05) is 26.8 Å². The first-order valence-electron chi connectivity index (χ1n) is 6.03. The van der Waals surface area contributed by atoms with Crippen LogP contribution in [0.25, 0.3) is 0 Å². The van der Waals surface area contributed by atoms with E-state index in [0.29, 0.717) is 17.6 Å². The van der Waals surface area contributed by atoms with Crippen LogP contribution >= 0.6 is 15.9 Å². The van der Waals surface area contributed by atoms with Crippen LogP contribution in [-0.2, 0) is 9.53 Å². The van der Waals surface area contributed by atoms with Gasteiger partial charge in [-0.25, -0.2) is 4.39 Å². The van der Waals surface area contributed by atoms with Crippen LogP contribution in [0.5, 0.6) is 0 Å². The van der Waals surface area contributed by atoms with Gasteiger partial charge in [0.15, 0.2) is 0 Å². The molecule has 20 heavy (non-hydrogen) atoms. The van der Waals surface area contributed by atoms with Gasteiger partial charge in [0, 0.05) is 31.1 Å². The monoisotopic (exact) mass is 346 g/mol. The summed E-state index contributed by atoms with van der Waals surface area (Å²) in [6.07, 6.45) is 0.155. The number of ether oxygens (including phenoxy) is 1. The van der Waals surface area contributed by atoms with Crippen LogP contribution in [0.15, 0.2) is 22.7 Å². The van der Waals surface area contributed by atoms with Crippen LogP contribution in [0, 0.1) is 5.82 Å². The zero-order valence-corrected chi connectivity index (χ0v) is 12.6. The number of amides is 2. The standard InChI is InChI=1S/C13H16BrFN2O3/c1-20-7-6-16-12(18)4-5-17-13(19)10-8-9(15)2-3-11(10)14/h2-3,8H,4-7H2,1H3,(H,16,18)(H,17,19). The molecule has 5 nitrogen and oxygen atoms in total. The molecule has 0 spiro atoms. The van der Waals surface area contributed by atoms with Gasteiger partial charge in [0.25, 0.3) is 5.91 Å². The normalized spacial score (nSPS) is 10.2. The minimum absolute atomic E-state index is 0.155. The zero-order valence-electron chi connectivity index (χ0n) is 11.0. The molecule has 1 rings (SSSR count). The summed E-state index contributed by atoms with van der Waals surface area (Å²) in [6.45, 7) is 1.05. The molecule has 7 heteroatoms. The number of carbonyl (C=O) groups excluding carboxylic acids is 2. The quantitative estimate of drug-likeness (QED) is 0.734. The number of methoxy groups -OCH3 is 1. The number of nitrogens with one attached hydrogen (secondary N) is 2. The van der Waals surface area contributed by atoms with Gasteiger partial charge in [-0.3, -0.25) is 9.59 Å². The Bertz CT molecular complexity index is 483. The first-order chi connectivity index (χ1) is 9.54. The summed E-state index contributed by atoms with van der Waals surface area (Å²) in [5.41, 5.74) is 0.199. The minimum atomic E-state index is -0.490. The second-order valence-corrected chi connectivity index (χ2v) is 4.83. The Morgan fingerprint density at radius 2 is 2.05 bits per heavy atom. The van der Waals surface area contributed by atoms with E-state index in [9.17, 15) is 14.0 Å². The molecule has 0 aliphatic carbocycles. The van der Waals surface area contributed by atoms with E-state index in [1.165, 1.54) is 12.1 Å². The van der Waals surface area contributed by atoms with Gasteiger partial charge in [-0.15, -0.1) is 0 Å². The van der Waals surface area contributed by atoms with Gasteiger partial charge in [-0.2, -0.15) is 0 Å². The molecule has 0 aromatic heterocycles. The van der Waals surface area contributed by atoms with Crippen molar-refractivity contribution in [3.05, 3.63) is 34.1 Å². The lowest BCUT2D eigenvalue weighted by molar-refractivity contribution is -0.121. The average Bonchev–Trinajstić information content (AvgIpc) is 2.41. The second kappa shape index (κ2) is 8.65. The van der Waals surface area contributed by atoms with Crippen LogP contribution < -0.4 is 10.6 Å². The molecule has 1 aromatic carbocycles. The third kappa shape index (κ3) is 5.66. The summed E-state index contributed by atoms with van der Waals surface area (Å²) < 4.78 is 18.3. The maximum absolute atomic E-state index is 13.1. The van der Waals surface area contributed by atoms with Crippen molar-refractivity contribution in [2.45, 2.75) is 6.42 Å². The molecule has 0 bridgehead atoms. The van der Waals surface area contributed by atoms with Gasteiger partial charge in [-0.1, -0.05) is 0 Å². The van der Waals surface area contributed by atoms with Crippen molar-refractivity contribution in [1.29, 1.82) is 0 Å². The van der Waals surface area contributed by atoms with E-state index >= 15 is 0 Å². The lowest BCUT2D eigenvalue weighted by Gasteiger charge is -2.07. The van der Waals surface area contributed by atoms with E-state index in [2.05, 4.69) is 26.6 Å². The van der Waals surface area contributed by atoms with Crippen molar-refractivity contribution in [3.8, 4) is 0 Å². The largest absolute Gasteiger partial charge is 0.383 e. The fraction of sp³-hybridized carbons (Fsp3) is 0.385. The van der Waals surface area contributed by atoms with E-state index in [0.717, 1.165) is 6.07 Å². The average molecular weight is 347 g/mol. The summed E-state index contributed by atoms with van der Waals surface area (Å²) in [5, 5.41) is 5.19. The van der Waals surface area contributed by atoms with Crippen LogP contribution in [0.4, 0.5) is 4.39 Å². The molecule has 0 radical (unpaired) electrons. The maximum atomic E-state index is 13.1. The highest BCUT2D eigenvalue weighted by atomic mass is 79.9. The number of halogens is 2. The Morgan fingerprint density at radius 3 is 2.75 bits per heavy atom. The highest BCUT2D eigenvalue weighted by Gasteiger charge is 2.11. The van der Waals surface area contributed by atoms with Gasteiger partial charge >= 0.3 is 0 Å². The smallest absolute Gasteiger partial charge is 0.252 e. The third-order valence-electron chi connectivity index (χ3n) is 2.44. The molecule has 0 heterocycles. The predicted molar refractivity (Wildman–Crippen MR) is 75.9 cm³/mol. The molecule has 0 unspecified atom stereocenters. The molecule has 0 fully saturated rings. The highest BCUT2D eigenvalue weighted by molar-refractivity contribution is 9.10. The molecular weight excluding hydrogens is 331 g/mol. The molecule has 0 saturated heterocycles. The van der Waals surface area contributed by atoms with E-state index < -0.39 is 11.7 Å². The van der Waals surface area contributed by atoms with Gasteiger partial charge < -0.3 is 15.4 Å². The van der Waals surface area contributed by atoms with E-state index in [1.807, 2.05) is 0 Å². The molecule has 0 saturated carbocycles. The van der Waals surface area contributed by atoms with Gasteiger partial charge in [-0.05, 0) is 34.1 Å². The van der Waals surface area contributed by atoms with Crippen molar-refractivity contribution >= 4 is 27.7 Å². The Hall–Kier alpha value is -1.47. The summed E-state index contributed by atoms with van der Waals surface area (Å²) in [5.74, 6) is -1.10. The summed E-state index contributed by atoms with van der Waals surface area (Å²) in [7, 11) is 1.54. The van der Waals surface area contributed by atoms with Gasteiger partial charge in [0.05, 0.1) is 12.2 Å². The predicted octanol–water partition coefficient (Wildman–Crippen LogP) is 1.47. The Labute approximate surface area is 125 Å². The summed E-state index contributed by atoms with van der Waals surface area (Å²) in [4.78, 5) is 23.2. The summed E-state index contributed by atoms with van der Waals surface area (Å²) >= 11 is 3.17. The molecule has 2 N–H and O–H groups in total. The lowest BCUT2D eigenvalue weighted by Crippen LogP contribution is -2.32. The molecule has 0 aliphatic rings. The lowest BCUT2D eigenvalue weighted by atomic mass is 10.2. The molecular formula is C13H16BrFN2O3. The van der Waals surface area contributed by atoms with Crippen molar-refractivity contribution in [2.24, 2.45) is 0 Å². The SMILES string of the molecule is COCCNC(=O)CCNC(=O)c1cc(F)ccc1Br. The molecule has 0 atom stereocenters. The maximum Gasteiger partial charge on any atom is 0.252 e. The molecule has 1 aromatic rings. The molecule has 110 valence electrons. The van der Waals surface area contributed by atoms with Crippen LogP contribution in [0.3, 0.4) is 0 Å². The second-order valence-electron chi connectivity index (χ2n) is 3.97. The van der Waals surface area contributed by atoms with Gasteiger partial charge in [0.1, 0.15) is 5.82 Å². The zero-order chi connectivity index (χ0) is 15.0. The van der Waals surface area contributed by atoms with Gasteiger partial charge in [0.2, 0.25) is 5.91 Å². The number of hydrogen-bond acceptors (Lipinski definition) is 3. The van der Waals surface area contributed by atoms with E-state index in [-0.39, 0.29) is 24.4 Å².